The fraction of sp³-hybridized carbons (Fsp3) is 0.562. The Labute approximate surface area is 129 Å². The van der Waals surface area contributed by atoms with Crippen molar-refractivity contribution in [3.8, 4) is 0 Å². The summed E-state index contributed by atoms with van der Waals surface area (Å²) in [5.74, 6) is -1.92. The first-order valence-corrected chi connectivity index (χ1v) is 7.38. The standard InChI is InChI=1S/C16H22F2N2O2/c1-16(2,3)10-14(21)19-15-12(17)8-11(9-13(15)18)20-4-6-22-7-5-20/h8-9H,4-7,10H2,1-3H3,(H,19,21). The summed E-state index contributed by atoms with van der Waals surface area (Å²) in [6, 6.07) is 2.50. The van der Waals surface area contributed by atoms with Crippen molar-refractivity contribution in [2.45, 2.75) is 27.2 Å². The summed E-state index contributed by atoms with van der Waals surface area (Å²) in [6.07, 6.45) is 0.192. The lowest BCUT2D eigenvalue weighted by molar-refractivity contribution is -0.117. The molecule has 1 saturated heterocycles. The van der Waals surface area contributed by atoms with Gasteiger partial charge in [0.25, 0.3) is 0 Å². The van der Waals surface area contributed by atoms with E-state index in [9.17, 15) is 13.6 Å². The molecule has 1 heterocycles. The summed E-state index contributed by atoms with van der Waals surface area (Å²) in [6.45, 7) is 7.92. The Hall–Kier alpha value is -1.69. The maximum Gasteiger partial charge on any atom is 0.225 e. The molecule has 0 unspecified atom stereocenters. The molecule has 2 rings (SSSR count). The number of amides is 1. The Balaban J connectivity index is 2.14. The predicted octanol–water partition coefficient (Wildman–Crippen LogP) is 3.18. The van der Waals surface area contributed by atoms with Gasteiger partial charge in [0.05, 0.1) is 13.2 Å². The van der Waals surface area contributed by atoms with Gasteiger partial charge in [0.15, 0.2) is 11.6 Å². The molecule has 0 aliphatic carbocycles. The highest BCUT2D eigenvalue weighted by atomic mass is 19.1. The van der Waals surface area contributed by atoms with Crippen LogP contribution in [0.1, 0.15) is 27.2 Å². The lowest BCUT2D eigenvalue weighted by atomic mass is 9.92. The highest BCUT2D eigenvalue weighted by molar-refractivity contribution is 5.91. The second kappa shape index (κ2) is 6.60. The van der Waals surface area contributed by atoms with Gasteiger partial charge in [-0.05, 0) is 17.5 Å². The number of benzene rings is 1. The summed E-state index contributed by atoms with van der Waals surface area (Å²) in [5.41, 5.74) is -0.163. The Kier molecular flexibility index (Phi) is 5.01. The molecular weight excluding hydrogens is 290 g/mol. The molecule has 1 amide bonds. The van der Waals surface area contributed by atoms with Crippen molar-refractivity contribution in [1.82, 2.24) is 0 Å². The number of carbonyl (C=O) groups excluding carboxylic acids is 1. The maximum absolute atomic E-state index is 14.1. The monoisotopic (exact) mass is 312 g/mol. The number of morpholine rings is 1. The van der Waals surface area contributed by atoms with Gasteiger partial charge >= 0.3 is 0 Å². The van der Waals surface area contributed by atoms with Gasteiger partial charge in [-0.25, -0.2) is 8.78 Å². The molecule has 0 aromatic heterocycles. The first-order valence-electron chi connectivity index (χ1n) is 7.38. The number of nitrogens with zero attached hydrogens (tertiary/aromatic N) is 1. The van der Waals surface area contributed by atoms with Crippen LogP contribution in [-0.4, -0.2) is 32.2 Å². The van der Waals surface area contributed by atoms with E-state index in [0.717, 1.165) is 0 Å². The first kappa shape index (κ1) is 16.7. The van der Waals surface area contributed by atoms with Crippen molar-refractivity contribution in [2.75, 3.05) is 36.5 Å². The van der Waals surface area contributed by atoms with E-state index in [0.29, 0.717) is 32.0 Å². The lowest BCUT2D eigenvalue weighted by Gasteiger charge is -2.29. The van der Waals surface area contributed by atoms with Crippen molar-refractivity contribution in [1.29, 1.82) is 0 Å². The highest BCUT2D eigenvalue weighted by Crippen LogP contribution is 2.27. The summed E-state index contributed by atoms with van der Waals surface area (Å²) < 4.78 is 33.5. The number of rotatable bonds is 3. The Morgan fingerprint density at radius 3 is 2.27 bits per heavy atom. The average molecular weight is 312 g/mol. The number of halogens is 2. The van der Waals surface area contributed by atoms with Crippen LogP contribution in [0.3, 0.4) is 0 Å². The molecule has 0 spiro atoms. The Morgan fingerprint density at radius 2 is 1.77 bits per heavy atom. The van der Waals surface area contributed by atoms with Crippen molar-refractivity contribution in [3.63, 3.8) is 0 Å². The van der Waals surface area contributed by atoms with Crippen LogP contribution in [-0.2, 0) is 9.53 Å². The van der Waals surface area contributed by atoms with Gasteiger partial charge in [0.1, 0.15) is 5.69 Å². The predicted molar refractivity (Wildman–Crippen MR) is 82.1 cm³/mol. The van der Waals surface area contributed by atoms with E-state index in [1.807, 2.05) is 25.7 Å². The van der Waals surface area contributed by atoms with Crippen molar-refractivity contribution in [2.24, 2.45) is 5.41 Å². The molecule has 1 N–H and O–H groups in total. The van der Waals surface area contributed by atoms with E-state index in [2.05, 4.69) is 5.32 Å². The molecule has 1 aliphatic rings. The van der Waals surface area contributed by atoms with Crippen molar-refractivity contribution < 1.29 is 18.3 Å². The van der Waals surface area contributed by atoms with Crippen molar-refractivity contribution in [3.05, 3.63) is 23.8 Å². The third-order valence-corrected chi connectivity index (χ3v) is 3.36. The zero-order valence-corrected chi connectivity index (χ0v) is 13.2. The number of carbonyl (C=O) groups is 1. The number of hydrogen-bond acceptors (Lipinski definition) is 3. The molecule has 1 aliphatic heterocycles. The van der Waals surface area contributed by atoms with Gasteiger partial charge in [-0.2, -0.15) is 0 Å². The Morgan fingerprint density at radius 1 is 1.23 bits per heavy atom. The zero-order valence-electron chi connectivity index (χ0n) is 13.2. The van der Waals surface area contributed by atoms with Gasteiger partial charge < -0.3 is 15.0 Å². The van der Waals surface area contributed by atoms with E-state index in [1.165, 1.54) is 12.1 Å². The van der Waals surface area contributed by atoms with E-state index in [4.69, 9.17) is 4.74 Å². The lowest BCUT2D eigenvalue weighted by Crippen LogP contribution is -2.36. The highest BCUT2D eigenvalue weighted by Gasteiger charge is 2.21. The molecule has 1 fully saturated rings. The number of hydrogen-bond donors (Lipinski definition) is 1. The molecule has 1 aromatic rings. The van der Waals surface area contributed by atoms with Crippen LogP contribution >= 0.6 is 0 Å². The van der Waals surface area contributed by atoms with Gasteiger partial charge in [-0.3, -0.25) is 4.79 Å². The van der Waals surface area contributed by atoms with Crippen LogP contribution in [0, 0.1) is 17.0 Å². The van der Waals surface area contributed by atoms with Crippen LogP contribution in [0.5, 0.6) is 0 Å². The van der Waals surface area contributed by atoms with E-state index in [-0.39, 0.29) is 17.5 Å². The molecule has 0 saturated carbocycles. The fourth-order valence-electron chi connectivity index (χ4n) is 2.35. The summed E-state index contributed by atoms with van der Waals surface area (Å²) >= 11 is 0. The molecule has 6 heteroatoms. The van der Waals surface area contributed by atoms with Crippen LogP contribution in [0.15, 0.2) is 12.1 Å². The molecule has 122 valence electrons. The maximum atomic E-state index is 14.1. The molecular formula is C16H22F2N2O2. The van der Waals surface area contributed by atoms with Crippen LogP contribution in [0.25, 0.3) is 0 Å². The minimum Gasteiger partial charge on any atom is -0.378 e. The summed E-state index contributed by atoms with van der Waals surface area (Å²) in [4.78, 5) is 13.7. The minimum atomic E-state index is -0.760. The van der Waals surface area contributed by atoms with E-state index in [1.54, 1.807) is 0 Å². The molecule has 0 radical (unpaired) electrons. The summed E-state index contributed by atoms with van der Waals surface area (Å²) in [7, 11) is 0. The van der Waals surface area contributed by atoms with Gasteiger partial charge in [-0.1, -0.05) is 20.8 Å². The van der Waals surface area contributed by atoms with Crippen LogP contribution in [0.4, 0.5) is 20.2 Å². The molecule has 0 bridgehead atoms. The molecule has 0 atom stereocenters. The van der Waals surface area contributed by atoms with E-state index < -0.39 is 17.5 Å². The number of nitrogens with one attached hydrogen (secondary N) is 1. The van der Waals surface area contributed by atoms with Crippen molar-refractivity contribution >= 4 is 17.3 Å². The molecule has 22 heavy (non-hydrogen) atoms. The van der Waals surface area contributed by atoms with Crippen LogP contribution < -0.4 is 10.2 Å². The normalized spacial score (nSPS) is 15.8. The third-order valence-electron chi connectivity index (χ3n) is 3.36. The summed E-state index contributed by atoms with van der Waals surface area (Å²) in [5, 5.41) is 2.33. The molecule has 4 nitrogen and oxygen atoms in total. The molecule has 1 aromatic carbocycles. The second-order valence-corrected chi connectivity index (χ2v) is 6.67. The average Bonchev–Trinajstić information content (AvgIpc) is 2.41. The smallest absolute Gasteiger partial charge is 0.225 e. The Bertz CT molecular complexity index is 527. The van der Waals surface area contributed by atoms with Gasteiger partial charge in [-0.15, -0.1) is 0 Å². The fourth-order valence-corrected chi connectivity index (χ4v) is 2.35. The zero-order chi connectivity index (χ0) is 16.3. The largest absolute Gasteiger partial charge is 0.378 e. The minimum absolute atomic E-state index is 0.192. The van der Waals surface area contributed by atoms with Crippen LogP contribution in [0.2, 0.25) is 0 Å². The topological polar surface area (TPSA) is 41.6 Å². The SMILES string of the molecule is CC(C)(C)CC(=O)Nc1c(F)cc(N2CCOCC2)cc1F. The van der Waals surface area contributed by atoms with E-state index >= 15 is 0 Å². The quantitative estimate of drug-likeness (QED) is 0.932. The number of ether oxygens (including phenoxy) is 1. The first-order chi connectivity index (χ1) is 10.3. The third kappa shape index (κ3) is 4.40. The number of anilines is 2. The van der Waals surface area contributed by atoms with Gasteiger partial charge in [0, 0.05) is 25.2 Å². The van der Waals surface area contributed by atoms with Gasteiger partial charge in [0.2, 0.25) is 5.91 Å². The second-order valence-electron chi connectivity index (χ2n) is 6.67.